The molecule has 8 heteroatoms. The van der Waals surface area contributed by atoms with Crippen LogP contribution in [-0.4, -0.2) is 32.4 Å². The third-order valence-corrected chi connectivity index (χ3v) is 4.30. The zero-order valence-corrected chi connectivity index (χ0v) is 11.5. The Balaban J connectivity index is 2.47. The second kappa shape index (κ2) is 4.69. The van der Waals surface area contributed by atoms with Gasteiger partial charge in [0.1, 0.15) is 11.2 Å². The van der Waals surface area contributed by atoms with Gasteiger partial charge in [0, 0.05) is 11.0 Å². The van der Waals surface area contributed by atoms with Gasteiger partial charge in [-0.05, 0) is 28.1 Å². The van der Waals surface area contributed by atoms with Crippen molar-refractivity contribution in [2.75, 3.05) is 11.4 Å². The number of halogens is 1. The van der Waals surface area contributed by atoms with Crippen molar-refractivity contribution in [2.45, 2.75) is 11.3 Å². The van der Waals surface area contributed by atoms with Gasteiger partial charge in [0.15, 0.2) is 0 Å². The molecule has 0 saturated heterocycles. The fourth-order valence-electron chi connectivity index (χ4n) is 1.60. The Morgan fingerprint density at radius 3 is 2.83 bits per heavy atom. The lowest BCUT2D eigenvalue weighted by Crippen LogP contribution is -2.29. The number of carboxylic acids is 1. The summed E-state index contributed by atoms with van der Waals surface area (Å²) in [5, 5.41) is 8.66. The van der Waals surface area contributed by atoms with E-state index in [9.17, 15) is 13.2 Å². The molecule has 96 valence electrons. The van der Waals surface area contributed by atoms with Crippen LogP contribution in [0.5, 0.6) is 0 Å². The molecule has 0 bridgehead atoms. The lowest BCUT2D eigenvalue weighted by atomic mass is 10.3. The van der Waals surface area contributed by atoms with Crippen molar-refractivity contribution < 1.29 is 18.3 Å². The van der Waals surface area contributed by atoms with Gasteiger partial charge >= 0.3 is 5.97 Å². The highest BCUT2D eigenvalue weighted by Crippen LogP contribution is 2.36. The molecule has 6 nitrogen and oxygen atoms in total. The van der Waals surface area contributed by atoms with Crippen molar-refractivity contribution in [3.05, 3.63) is 22.7 Å². The van der Waals surface area contributed by atoms with Crippen molar-refractivity contribution in [1.82, 2.24) is 0 Å². The van der Waals surface area contributed by atoms with Crippen LogP contribution in [0.15, 0.2) is 32.0 Å². The molecule has 0 saturated carbocycles. The minimum atomic E-state index is -3.69. The third kappa shape index (κ3) is 2.39. The normalized spacial score (nSPS) is 16.4. The summed E-state index contributed by atoms with van der Waals surface area (Å²) in [5.74, 6) is -0.953. The molecule has 0 spiro atoms. The molecule has 2 rings (SSSR count). The molecular weight excluding hydrogens is 324 g/mol. The van der Waals surface area contributed by atoms with Gasteiger partial charge in [0.2, 0.25) is 0 Å². The molecule has 0 atom stereocenters. The number of hydrogen-bond donors (Lipinski definition) is 1. The quantitative estimate of drug-likeness (QED) is 0.905. The molecule has 1 aromatic carbocycles. The molecule has 0 aromatic heterocycles. The summed E-state index contributed by atoms with van der Waals surface area (Å²) in [6, 6.07) is 4.73. The third-order valence-electron chi connectivity index (χ3n) is 2.41. The summed E-state index contributed by atoms with van der Waals surface area (Å²) in [5.41, 5.74) is 0.425. The van der Waals surface area contributed by atoms with E-state index in [-0.39, 0.29) is 17.9 Å². The monoisotopic (exact) mass is 332 g/mol. The first-order valence-corrected chi connectivity index (χ1v) is 7.22. The zero-order valence-electron chi connectivity index (χ0n) is 9.08. The average Bonchev–Trinajstić information content (AvgIpc) is 2.29. The summed E-state index contributed by atoms with van der Waals surface area (Å²) in [6.45, 7) is 0.157. The molecule has 0 unspecified atom stereocenters. The minimum Gasteiger partial charge on any atom is -0.481 e. The number of benzene rings is 1. The second-order valence-corrected chi connectivity index (χ2v) is 6.07. The molecule has 1 aliphatic heterocycles. The Morgan fingerprint density at radius 2 is 2.17 bits per heavy atom. The fraction of sp³-hybridized carbons (Fsp3) is 0.200. The molecule has 0 fully saturated rings. The number of hydrogen-bond acceptors (Lipinski definition) is 4. The first kappa shape index (κ1) is 13.0. The molecule has 0 amide bonds. The summed E-state index contributed by atoms with van der Waals surface area (Å²) in [6.07, 6.45) is 1.04. The van der Waals surface area contributed by atoms with E-state index >= 15 is 0 Å². The number of aliphatic carboxylic acids is 1. The second-order valence-electron chi connectivity index (χ2n) is 3.62. The molecule has 1 N–H and O–H groups in total. The lowest BCUT2D eigenvalue weighted by Gasteiger charge is -2.25. The van der Waals surface area contributed by atoms with Crippen LogP contribution in [0.4, 0.5) is 5.69 Å². The van der Waals surface area contributed by atoms with Crippen molar-refractivity contribution in [1.29, 1.82) is 0 Å². The Kier molecular flexibility index (Phi) is 3.40. The van der Waals surface area contributed by atoms with Gasteiger partial charge in [-0.25, -0.2) is 0 Å². The van der Waals surface area contributed by atoms with E-state index in [1.54, 1.807) is 12.1 Å². The van der Waals surface area contributed by atoms with E-state index in [0.717, 1.165) is 6.34 Å². The molecule has 0 aliphatic carbocycles. The summed E-state index contributed by atoms with van der Waals surface area (Å²) in [4.78, 5) is 12.1. The topological polar surface area (TPSA) is 87.0 Å². The van der Waals surface area contributed by atoms with E-state index in [2.05, 4.69) is 20.3 Å². The maximum Gasteiger partial charge on any atom is 0.305 e. The maximum absolute atomic E-state index is 11.7. The Hall–Kier alpha value is -1.41. The Bertz CT molecular complexity index is 627. The highest BCUT2D eigenvalue weighted by molar-refractivity contribution is 9.10. The Labute approximate surface area is 112 Å². The van der Waals surface area contributed by atoms with E-state index < -0.39 is 16.0 Å². The highest BCUT2D eigenvalue weighted by atomic mass is 79.9. The summed E-state index contributed by atoms with van der Waals surface area (Å²) < 4.78 is 27.5. The van der Waals surface area contributed by atoms with Gasteiger partial charge in [-0.15, -0.1) is 4.40 Å². The van der Waals surface area contributed by atoms with Gasteiger partial charge in [0.25, 0.3) is 10.0 Å². The number of para-hydroxylation sites is 1. The highest BCUT2D eigenvalue weighted by Gasteiger charge is 2.27. The van der Waals surface area contributed by atoms with Gasteiger partial charge in [0.05, 0.1) is 12.1 Å². The van der Waals surface area contributed by atoms with Crippen LogP contribution in [0.2, 0.25) is 0 Å². The average molecular weight is 333 g/mol. The fourth-order valence-corrected chi connectivity index (χ4v) is 3.40. The van der Waals surface area contributed by atoms with Gasteiger partial charge < -0.3 is 10.0 Å². The number of anilines is 1. The largest absolute Gasteiger partial charge is 0.481 e. The van der Waals surface area contributed by atoms with Crippen LogP contribution in [0, 0.1) is 0 Å². The smallest absolute Gasteiger partial charge is 0.305 e. The molecule has 1 aliphatic rings. The zero-order chi connectivity index (χ0) is 13.3. The van der Waals surface area contributed by atoms with Gasteiger partial charge in [-0.1, -0.05) is 6.07 Å². The number of fused-ring (bicyclic) bond motifs is 1. The SMILES string of the molecule is O=C(O)CCN1C=NS(=O)(=O)c2cccc(Br)c21. The maximum atomic E-state index is 11.7. The van der Waals surface area contributed by atoms with Gasteiger partial charge in [-0.3, -0.25) is 4.79 Å². The van der Waals surface area contributed by atoms with Crippen LogP contribution in [0.3, 0.4) is 0 Å². The van der Waals surface area contributed by atoms with Gasteiger partial charge in [-0.2, -0.15) is 8.42 Å². The number of sulfonamides is 1. The van der Waals surface area contributed by atoms with Crippen LogP contribution >= 0.6 is 15.9 Å². The van der Waals surface area contributed by atoms with Crippen LogP contribution in [0.25, 0.3) is 0 Å². The van der Waals surface area contributed by atoms with E-state index in [1.807, 2.05) is 0 Å². The van der Waals surface area contributed by atoms with Crippen LogP contribution < -0.4 is 4.90 Å². The number of nitrogens with zero attached hydrogens (tertiary/aromatic N) is 2. The van der Waals surface area contributed by atoms with Crippen molar-refractivity contribution in [3.8, 4) is 0 Å². The minimum absolute atomic E-state index is 0.0739. The standard InChI is InChI=1S/C10H9BrN2O4S/c11-7-2-1-3-8-10(7)13(5-4-9(14)15)6-12-18(8,16)17/h1-3,6H,4-5H2,(H,14,15). The van der Waals surface area contributed by atoms with E-state index in [4.69, 9.17) is 5.11 Å². The van der Waals surface area contributed by atoms with Crippen molar-refractivity contribution in [3.63, 3.8) is 0 Å². The number of rotatable bonds is 3. The molecule has 0 radical (unpaired) electrons. The van der Waals surface area contributed by atoms with Crippen LogP contribution in [0.1, 0.15) is 6.42 Å². The molecule has 1 heterocycles. The number of carbonyl (C=O) groups is 1. The number of carboxylic acid groups (broad SMARTS) is 1. The molecular formula is C10H9BrN2O4S. The molecule has 1 aromatic rings. The van der Waals surface area contributed by atoms with E-state index in [0.29, 0.717) is 10.2 Å². The first-order valence-electron chi connectivity index (χ1n) is 4.99. The lowest BCUT2D eigenvalue weighted by molar-refractivity contribution is -0.136. The predicted octanol–water partition coefficient (Wildman–Crippen LogP) is 1.46. The van der Waals surface area contributed by atoms with Crippen molar-refractivity contribution in [2.24, 2.45) is 4.40 Å². The van der Waals surface area contributed by atoms with Crippen LogP contribution in [-0.2, 0) is 14.8 Å². The predicted molar refractivity (Wildman–Crippen MR) is 69.4 cm³/mol. The molecule has 18 heavy (non-hydrogen) atoms. The Morgan fingerprint density at radius 1 is 1.44 bits per heavy atom. The van der Waals surface area contributed by atoms with E-state index in [1.165, 1.54) is 11.0 Å². The summed E-state index contributed by atoms with van der Waals surface area (Å²) in [7, 11) is -3.69. The van der Waals surface area contributed by atoms with Crippen molar-refractivity contribution >= 4 is 43.9 Å². The summed E-state index contributed by atoms with van der Waals surface area (Å²) >= 11 is 3.27. The first-order chi connectivity index (χ1) is 8.42.